The molecule has 1 saturated heterocycles. The standard InChI is InChI=1S/C10H20N2O/c1-3-9(11)7-12-5-4-8(2)6-10(12)13/h8-9H,3-7,11H2,1-2H3. The molecule has 76 valence electrons. The number of hydrogen-bond donors (Lipinski definition) is 1. The van der Waals surface area contributed by atoms with Crippen molar-refractivity contribution in [1.29, 1.82) is 0 Å². The van der Waals surface area contributed by atoms with E-state index in [2.05, 4.69) is 13.8 Å². The number of carbonyl (C=O) groups excluding carboxylic acids is 1. The molecular weight excluding hydrogens is 164 g/mol. The van der Waals surface area contributed by atoms with E-state index in [1.165, 1.54) is 0 Å². The Morgan fingerprint density at radius 2 is 2.38 bits per heavy atom. The molecule has 3 nitrogen and oxygen atoms in total. The predicted molar refractivity (Wildman–Crippen MR) is 53.2 cm³/mol. The van der Waals surface area contributed by atoms with Crippen molar-refractivity contribution >= 4 is 5.91 Å². The summed E-state index contributed by atoms with van der Waals surface area (Å²) in [6, 6.07) is 0.150. The molecule has 1 amide bonds. The molecule has 1 heterocycles. The van der Waals surface area contributed by atoms with Gasteiger partial charge in [0.15, 0.2) is 0 Å². The van der Waals surface area contributed by atoms with Crippen LogP contribution in [0.4, 0.5) is 0 Å². The maximum atomic E-state index is 11.5. The molecule has 0 spiro atoms. The Hall–Kier alpha value is -0.570. The van der Waals surface area contributed by atoms with E-state index in [4.69, 9.17) is 5.73 Å². The molecule has 0 aliphatic carbocycles. The van der Waals surface area contributed by atoms with Crippen LogP contribution >= 0.6 is 0 Å². The lowest BCUT2D eigenvalue weighted by Crippen LogP contribution is -2.44. The van der Waals surface area contributed by atoms with Gasteiger partial charge in [-0.15, -0.1) is 0 Å². The highest BCUT2D eigenvalue weighted by Crippen LogP contribution is 2.17. The van der Waals surface area contributed by atoms with Crippen molar-refractivity contribution in [3.8, 4) is 0 Å². The molecule has 2 N–H and O–H groups in total. The van der Waals surface area contributed by atoms with Gasteiger partial charge in [0.05, 0.1) is 0 Å². The average molecular weight is 184 g/mol. The second-order valence-electron chi connectivity index (χ2n) is 4.11. The van der Waals surface area contributed by atoms with E-state index >= 15 is 0 Å². The third kappa shape index (κ3) is 2.99. The van der Waals surface area contributed by atoms with Crippen LogP contribution in [0, 0.1) is 5.92 Å². The van der Waals surface area contributed by atoms with Gasteiger partial charge in [0.25, 0.3) is 0 Å². The van der Waals surface area contributed by atoms with Crippen molar-refractivity contribution in [1.82, 2.24) is 4.90 Å². The monoisotopic (exact) mass is 184 g/mol. The molecule has 1 aliphatic heterocycles. The van der Waals surface area contributed by atoms with Gasteiger partial charge in [-0.2, -0.15) is 0 Å². The van der Waals surface area contributed by atoms with Gasteiger partial charge in [0.1, 0.15) is 0 Å². The normalized spacial score (nSPS) is 26.2. The Morgan fingerprint density at radius 1 is 1.69 bits per heavy atom. The molecule has 1 aliphatic rings. The molecule has 3 heteroatoms. The highest BCUT2D eigenvalue weighted by atomic mass is 16.2. The third-order valence-corrected chi connectivity index (χ3v) is 2.75. The van der Waals surface area contributed by atoms with E-state index in [1.54, 1.807) is 0 Å². The number of piperidine rings is 1. The van der Waals surface area contributed by atoms with Crippen molar-refractivity contribution in [2.24, 2.45) is 11.7 Å². The topological polar surface area (TPSA) is 46.3 Å². The molecular formula is C10H20N2O. The minimum Gasteiger partial charge on any atom is -0.341 e. The number of nitrogens with zero attached hydrogens (tertiary/aromatic N) is 1. The quantitative estimate of drug-likeness (QED) is 0.710. The van der Waals surface area contributed by atoms with Crippen molar-refractivity contribution < 1.29 is 4.79 Å². The lowest BCUT2D eigenvalue weighted by atomic mass is 9.98. The zero-order valence-electron chi connectivity index (χ0n) is 8.62. The van der Waals surface area contributed by atoms with E-state index < -0.39 is 0 Å². The Kier molecular flexibility index (Phi) is 3.72. The minimum absolute atomic E-state index is 0.150. The van der Waals surface area contributed by atoms with E-state index in [9.17, 15) is 4.79 Å². The molecule has 2 unspecified atom stereocenters. The van der Waals surface area contributed by atoms with Crippen LogP contribution in [-0.4, -0.2) is 29.9 Å². The van der Waals surface area contributed by atoms with Crippen LogP contribution in [0.3, 0.4) is 0 Å². The van der Waals surface area contributed by atoms with Crippen LogP contribution in [0.25, 0.3) is 0 Å². The number of likely N-dealkylation sites (tertiary alicyclic amines) is 1. The maximum Gasteiger partial charge on any atom is 0.222 e. The van der Waals surface area contributed by atoms with Crippen molar-refractivity contribution in [2.75, 3.05) is 13.1 Å². The zero-order valence-corrected chi connectivity index (χ0v) is 8.62. The van der Waals surface area contributed by atoms with Crippen LogP contribution in [-0.2, 0) is 4.79 Å². The lowest BCUT2D eigenvalue weighted by molar-refractivity contribution is -0.135. The first-order valence-corrected chi connectivity index (χ1v) is 5.16. The second kappa shape index (κ2) is 4.61. The smallest absolute Gasteiger partial charge is 0.222 e. The molecule has 0 aromatic carbocycles. The first-order chi connectivity index (χ1) is 6.13. The molecule has 1 fully saturated rings. The molecule has 0 aromatic heterocycles. The molecule has 0 aromatic rings. The van der Waals surface area contributed by atoms with Gasteiger partial charge in [0, 0.05) is 25.6 Å². The number of hydrogen-bond acceptors (Lipinski definition) is 2. The van der Waals surface area contributed by atoms with E-state index in [0.29, 0.717) is 12.3 Å². The molecule has 0 radical (unpaired) electrons. The summed E-state index contributed by atoms with van der Waals surface area (Å²) in [5.41, 5.74) is 5.81. The minimum atomic E-state index is 0.150. The van der Waals surface area contributed by atoms with Gasteiger partial charge in [-0.25, -0.2) is 0 Å². The summed E-state index contributed by atoms with van der Waals surface area (Å²) < 4.78 is 0. The molecule has 2 atom stereocenters. The summed E-state index contributed by atoms with van der Waals surface area (Å²) in [5, 5.41) is 0. The number of rotatable bonds is 3. The predicted octanol–water partition coefficient (Wildman–Crippen LogP) is 0.982. The van der Waals surface area contributed by atoms with E-state index in [0.717, 1.165) is 25.9 Å². The summed E-state index contributed by atoms with van der Waals surface area (Å²) in [5.74, 6) is 0.837. The number of carbonyl (C=O) groups is 1. The van der Waals surface area contributed by atoms with Crippen LogP contribution in [0.2, 0.25) is 0 Å². The maximum absolute atomic E-state index is 11.5. The highest BCUT2D eigenvalue weighted by molar-refractivity contribution is 5.77. The van der Waals surface area contributed by atoms with Crippen molar-refractivity contribution in [3.05, 3.63) is 0 Å². The Balaban J connectivity index is 2.38. The Labute approximate surface area is 80.3 Å². The van der Waals surface area contributed by atoms with Crippen LogP contribution < -0.4 is 5.73 Å². The fourth-order valence-corrected chi connectivity index (χ4v) is 1.64. The van der Waals surface area contributed by atoms with Gasteiger partial charge in [-0.3, -0.25) is 4.79 Å². The van der Waals surface area contributed by atoms with E-state index in [-0.39, 0.29) is 11.9 Å². The SMILES string of the molecule is CCC(N)CN1CCC(C)CC1=O. The van der Waals surface area contributed by atoms with Crippen molar-refractivity contribution in [3.63, 3.8) is 0 Å². The van der Waals surface area contributed by atoms with E-state index in [1.807, 2.05) is 4.90 Å². The number of amides is 1. The summed E-state index contributed by atoms with van der Waals surface area (Å²) in [4.78, 5) is 13.4. The lowest BCUT2D eigenvalue weighted by Gasteiger charge is -2.31. The summed E-state index contributed by atoms with van der Waals surface area (Å²) in [6.07, 6.45) is 2.78. The summed E-state index contributed by atoms with van der Waals surface area (Å²) in [7, 11) is 0. The third-order valence-electron chi connectivity index (χ3n) is 2.75. The summed E-state index contributed by atoms with van der Waals surface area (Å²) in [6.45, 7) is 5.83. The number of nitrogens with two attached hydrogens (primary N) is 1. The zero-order chi connectivity index (χ0) is 9.84. The van der Waals surface area contributed by atoms with Gasteiger partial charge < -0.3 is 10.6 Å². The first kappa shape index (κ1) is 10.5. The highest BCUT2D eigenvalue weighted by Gasteiger charge is 2.23. The van der Waals surface area contributed by atoms with Crippen LogP contribution in [0.5, 0.6) is 0 Å². The fraction of sp³-hybridized carbons (Fsp3) is 0.900. The molecule has 13 heavy (non-hydrogen) atoms. The van der Waals surface area contributed by atoms with Gasteiger partial charge in [0.2, 0.25) is 5.91 Å². The second-order valence-corrected chi connectivity index (χ2v) is 4.11. The Bertz CT molecular complexity index is 182. The molecule has 0 saturated carbocycles. The molecule has 1 rings (SSSR count). The van der Waals surface area contributed by atoms with Gasteiger partial charge >= 0.3 is 0 Å². The fourth-order valence-electron chi connectivity index (χ4n) is 1.64. The van der Waals surface area contributed by atoms with Gasteiger partial charge in [-0.1, -0.05) is 13.8 Å². The molecule has 0 bridgehead atoms. The van der Waals surface area contributed by atoms with Crippen molar-refractivity contribution in [2.45, 2.75) is 39.2 Å². The van der Waals surface area contributed by atoms with Crippen LogP contribution in [0.1, 0.15) is 33.1 Å². The average Bonchev–Trinajstić information content (AvgIpc) is 2.09. The van der Waals surface area contributed by atoms with Crippen LogP contribution in [0.15, 0.2) is 0 Å². The summed E-state index contributed by atoms with van der Waals surface area (Å²) >= 11 is 0. The first-order valence-electron chi connectivity index (χ1n) is 5.16. The van der Waals surface area contributed by atoms with Gasteiger partial charge in [-0.05, 0) is 18.8 Å². The largest absolute Gasteiger partial charge is 0.341 e. The Morgan fingerprint density at radius 3 is 2.92 bits per heavy atom.